The van der Waals surface area contributed by atoms with Crippen molar-refractivity contribution >= 4 is 6.03 Å². The number of carbonyl (C=O) groups excluding carboxylic acids is 1. The van der Waals surface area contributed by atoms with Crippen molar-refractivity contribution < 1.29 is 9.90 Å². The Labute approximate surface area is 59.8 Å². The van der Waals surface area contributed by atoms with Gasteiger partial charge in [0.1, 0.15) is 0 Å². The summed E-state index contributed by atoms with van der Waals surface area (Å²) >= 11 is 0. The summed E-state index contributed by atoms with van der Waals surface area (Å²) in [6.45, 7) is 3.39. The molecule has 1 unspecified atom stereocenters. The first-order valence-corrected chi connectivity index (χ1v) is 3.45. The summed E-state index contributed by atoms with van der Waals surface area (Å²) in [6, 6.07) is -0.0761. The molecule has 0 aromatic heterocycles. The van der Waals surface area contributed by atoms with Gasteiger partial charge in [-0.2, -0.15) is 0 Å². The van der Waals surface area contributed by atoms with Gasteiger partial charge in [-0.1, -0.05) is 0 Å². The molecule has 2 amide bonds. The molecule has 10 heavy (non-hydrogen) atoms. The predicted octanol–water partition coefficient (Wildman–Crippen LogP) is -0.608. The largest absolute Gasteiger partial charge is 0.389 e. The minimum absolute atomic E-state index is 0.0761. The van der Waals surface area contributed by atoms with E-state index >= 15 is 0 Å². The van der Waals surface area contributed by atoms with Gasteiger partial charge in [-0.25, -0.2) is 4.79 Å². The molecule has 0 bridgehead atoms. The van der Waals surface area contributed by atoms with E-state index in [1.807, 2.05) is 6.92 Å². The number of aliphatic hydroxyl groups excluding tert-OH is 1. The Balaban J connectivity index is 2.45. The second kappa shape index (κ2) is 2.88. The summed E-state index contributed by atoms with van der Waals surface area (Å²) in [4.78, 5) is 12.5. The maximum absolute atomic E-state index is 10.9. The molecule has 0 radical (unpaired) electrons. The number of hydrogen-bond acceptors (Lipinski definition) is 2. The average molecular weight is 144 g/mol. The molecule has 0 aromatic carbocycles. The Morgan fingerprint density at radius 2 is 2.60 bits per heavy atom. The van der Waals surface area contributed by atoms with Gasteiger partial charge in [0.15, 0.2) is 0 Å². The highest BCUT2D eigenvalue weighted by molar-refractivity contribution is 5.74. The number of amides is 2. The van der Waals surface area contributed by atoms with Gasteiger partial charge in [0.2, 0.25) is 0 Å². The van der Waals surface area contributed by atoms with Crippen LogP contribution in [0, 0.1) is 0 Å². The van der Waals surface area contributed by atoms with Crippen molar-refractivity contribution in [3.05, 3.63) is 0 Å². The number of aliphatic hydroxyl groups is 1. The van der Waals surface area contributed by atoms with Crippen LogP contribution < -0.4 is 5.32 Å². The van der Waals surface area contributed by atoms with Crippen molar-refractivity contribution in [1.29, 1.82) is 0 Å². The third-order valence-electron chi connectivity index (χ3n) is 1.59. The fourth-order valence-corrected chi connectivity index (χ4v) is 0.991. The summed E-state index contributed by atoms with van der Waals surface area (Å²) in [7, 11) is 0. The van der Waals surface area contributed by atoms with Crippen LogP contribution in [-0.2, 0) is 0 Å². The van der Waals surface area contributed by atoms with Gasteiger partial charge in [0.25, 0.3) is 0 Å². The third kappa shape index (κ3) is 1.39. The summed E-state index contributed by atoms with van der Waals surface area (Å²) in [5, 5.41) is 11.6. The highest BCUT2D eigenvalue weighted by atomic mass is 16.3. The van der Waals surface area contributed by atoms with Crippen LogP contribution in [0.3, 0.4) is 0 Å². The molecular formula is C6H12N2O2. The maximum Gasteiger partial charge on any atom is 0.317 e. The Morgan fingerprint density at radius 3 is 3.10 bits per heavy atom. The van der Waals surface area contributed by atoms with E-state index in [-0.39, 0.29) is 6.03 Å². The van der Waals surface area contributed by atoms with Gasteiger partial charge >= 0.3 is 6.03 Å². The average Bonchev–Trinajstić information content (AvgIpc) is 1.94. The molecule has 1 aliphatic heterocycles. The van der Waals surface area contributed by atoms with Crippen LogP contribution in [0.15, 0.2) is 0 Å². The number of carbonyl (C=O) groups is 1. The number of nitrogens with zero attached hydrogens (tertiary/aromatic N) is 1. The van der Waals surface area contributed by atoms with E-state index in [1.54, 1.807) is 4.90 Å². The number of hydrogen-bond donors (Lipinski definition) is 2. The normalized spacial score (nSPS) is 26.4. The summed E-state index contributed by atoms with van der Waals surface area (Å²) in [5.41, 5.74) is 0. The SMILES string of the molecule is CCN1CC(O)CNC1=O. The Morgan fingerprint density at radius 1 is 1.90 bits per heavy atom. The summed E-state index contributed by atoms with van der Waals surface area (Å²) < 4.78 is 0. The third-order valence-corrected chi connectivity index (χ3v) is 1.59. The molecule has 4 heteroatoms. The van der Waals surface area contributed by atoms with Crippen LogP contribution in [0.5, 0.6) is 0 Å². The molecular weight excluding hydrogens is 132 g/mol. The van der Waals surface area contributed by atoms with Gasteiger partial charge in [-0.05, 0) is 6.92 Å². The molecule has 0 saturated carbocycles. The highest BCUT2D eigenvalue weighted by Gasteiger charge is 2.21. The first-order valence-electron chi connectivity index (χ1n) is 3.45. The topological polar surface area (TPSA) is 52.6 Å². The van der Waals surface area contributed by atoms with E-state index in [1.165, 1.54) is 0 Å². The Hall–Kier alpha value is -0.770. The lowest BCUT2D eigenvalue weighted by Crippen LogP contribution is -2.53. The zero-order chi connectivity index (χ0) is 7.56. The molecule has 1 heterocycles. The molecule has 1 rings (SSSR count). The lowest BCUT2D eigenvalue weighted by molar-refractivity contribution is 0.0985. The fraction of sp³-hybridized carbons (Fsp3) is 0.833. The second-order valence-corrected chi connectivity index (χ2v) is 2.38. The fourth-order valence-electron chi connectivity index (χ4n) is 0.991. The van der Waals surface area contributed by atoms with Gasteiger partial charge in [0.05, 0.1) is 12.6 Å². The van der Waals surface area contributed by atoms with E-state index in [4.69, 9.17) is 5.11 Å². The number of nitrogens with one attached hydrogen (secondary N) is 1. The van der Waals surface area contributed by atoms with Crippen LogP contribution >= 0.6 is 0 Å². The molecule has 1 fully saturated rings. The van der Waals surface area contributed by atoms with Gasteiger partial charge in [-0.3, -0.25) is 0 Å². The van der Waals surface area contributed by atoms with Crippen LogP contribution in [-0.4, -0.2) is 41.8 Å². The molecule has 0 spiro atoms. The monoisotopic (exact) mass is 144 g/mol. The van der Waals surface area contributed by atoms with Gasteiger partial charge < -0.3 is 15.3 Å². The minimum Gasteiger partial charge on any atom is -0.389 e. The molecule has 0 aromatic rings. The number of rotatable bonds is 1. The standard InChI is InChI=1S/C6H12N2O2/c1-2-8-4-5(9)3-7-6(8)10/h5,9H,2-4H2,1H3,(H,7,10). The summed E-state index contributed by atoms with van der Waals surface area (Å²) in [6.07, 6.45) is -0.405. The van der Waals surface area contributed by atoms with E-state index in [2.05, 4.69) is 5.32 Å². The van der Waals surface area contributed by atoms with Gasteiger partial charge in [0, 0.05) is 13.1 Å². The Bertz CT molecular complexity index is 138. The van der Waals surface area contributed by atoms with Gasteiger partial charge in [-0.15, -0.1) is 0 Å². The van der Waals surface area contributed by atoms with Crippen LogP contribution in [0.25, 0.3) is 0 Å². The smallest absolute Gasteiger partial charge is 0.317 e. The summed E-state index contributed by atoms with van der Waals surface area (Å²) in [5.74, 6) is 0. The molecule has 0 aliphatic carbocycles. The Kier molecular flexibility index (Phi) is 2.11. The quantitative estimate of drug-likeness (QED) is 0.516. The molecule has 1 aliphatic rings. The minimum atomic E-state index is -0.405. The van der Waals surface area contributed by atoms with Crippen molar-refractivity contribution in [3.8, 4) is 0 Å². The molecule has 1 atom stereocenters. The lowest BCUT2D eigenvalue weighted by atomic mass is 10.3. The molecule has 2 N–H and O–H groups in total. The first kappa shape index (κ1) is 7.34. The number of β-amino-alcohol motifs (C(OH)–C–C–N with tert-alkyl or cyclic N) is 1. The van der Waals surface area contributed by atoms with Crippen LogP contribution in [0.1, 0.15) is 6.92 Å². The predicted molar refractivity (Wildman–Crippen MR) is 36.7 cm³/mol. The van der Waals surface area contributed by atoms with Crippen molar-refractivity contribution in [3.63, 3.8) is 0 Å². The van der Waals surface area contributed by atoms with E-state index < -0.39 is 6.10 Å². The highest BCUT2D eigenvalue weighted by Crippen LogP contribution is 1.98. The number of likely N-dealkylation sites (N-methyl/N-ethyl adjacent to an activating group) is 1. The number of urea groups is 1. The maximum atomic E-state index is 10.9. The van der Waals surface area contributed by atoms with Crippen LogP contribution in [0.4, 0.5) is 4.79 Å². The van der Waals surface area contributed by atoms with Crippen molar-refractivity contribution in [2.45, 2.75) is 13.0 Å². The van der Waals surface area contributed by atoms with E-state index in [9.17, 15) is 4.79 Å². The molecule has 4 nitrogen and oxygen atoms in total. The molecule has 1 saturated heterocycles. The van der Waals surface area contributed by atoms with Crippen molar-refractivity contribution in [2.75, 3.05) is 19.6 Å². The van der Waals surface area contributed by atoms with Crippen molar-refractivity contribution in [2.24, 2.45) is 0 Å². The van der Waals surface area contributed by atoms with Crippen molar-refractivity contribution in [1.82, 2.24) is 10.2 Å². The van der Waals surface area contributed by atoms with Crippen LogP contribution in [0.2, 0.25) is 0 Å². The van der Waals surface area contributed by atoms with E-state index in [0.717, 1.165) is 0 Å². The second-order valence-electron chi connectivity index (χ2n) is 2.38. The zero-order valence-corrected chi connectivity index (χ0v) is 6.00. The molecule has 58 valence electrons. The lowest BCUT2D eigenvalue weighted by Gasteiger charge is -2.29. The first-order chi connectivity index (χ1) is 4.74. The zero-order valence-electron chi connectivity index (χ0n) is 6.00. The van der Waals surface area contributed by atoms with E-state index in [0.29, 0.717) is 19.6 Å².